The van der Waals surface area contributed by atoms with Crippen LogP contribution in [0.4, 0.5) is 10.5 Å². The summed E-state index contributed by atoms with van der Waals surface area (Å²) in [6.45, 7) is 1.65. The number of amides is 3. The molecule has 1 atom stereocenters. The van der Waals surface area contributed by atoms with Gasteiger partial charge in [0.2, 0.25) is 5.91 Å². The zero-order valence-electron chi connectivity index (χ0n) is 17.2. The van der Waals surface area contributed by atoms with Gasteiger partial charge in [-0.3, -0.25) is 9.59 Å². The third-order valence-corrected chi connectivity index (χ3v) is 6.10. The summed E-state index contributed by atoms with van der Waals surface area (Å²) in [4.78, 5) is 38.5. The molecule has 8 heteroatoms. The maximum Gasteiger partial charge on any atom is 0.322 e. The van der Waals surface area contributed by atoms with Gasteiger partial charge in [0.1, 0.15) is 5.54 Å². The molecule has 7 nitrogen and oxygen atoms in total. The second-order valence-electron chi connectivity index (χ2n) is 7.62. The first kappa shape index (κ1) is 22.6. The first-order chi connectivity index (χ1) is 15.0. The van der Waals surface area contributed by atoms with Gasteiger partial charge in [-0.2, -0.15) is 0 Å². The molecule has 2 aromatic rings. The predicted octanol–water partition coefficient (Wildman–Crippen LogP) is 4.23. The molecular formula is C23H26ClN3O4. The molecule has 0 radical (unpaired) electrons. The number of benzene rings is 2. The molecule has 3 amide bonds. The minimum absolute atomic E-state index is 0.0643. The largest absolute Gasteiger partial charge is 0.483 e. The van der Waals surface area contributed by atoms with E-state index in [2.05, 4.69) is 5.32 Å². The van der Waals surface area contributed by atoms with Gasteiger partial charge in [-0.25, -0.2) is 4.79 Å². The second-order valence-corrected chi connectivity index (χ2v) is 8.03. The Kier molecular flexibility index (Phi) is 7.52. The summed E-state index contributed by atoms with van der Waals surface area (Å²) >= 11 is 6.19. The second kappa shape index (κ2) is 10.3. The number of urea groups is 1. The van der Waals surface area contributed by atoms with E-state index in [0.717, 1.165) is 24.9 Å². The molecule has 4 rings (SSSR count). The lowest BCUT2D eigenvalue weighted by Gasteiger charge is -2.44. The topological polar surface area (TPSA) is 90.0 Å². The summed E-state index contributed by atoms with van der Waals surface area (Å²) in [5, 5.41) is 10.3. The van der Waals surface area contributed by atoms with Crippen LogP contribution in [0.25, 0.3) is 0 Å². The average Bonchev–Trinajstić information content (AvgIpc) is 3.19. The molecular weight excluding hydrogens is 418 g/mol. The number of hydrogen-bond acceptors (Lipinski definition) is 3. The normalized spacial score (nSPS) is 20.2. The Labute approximate surface area is 186 Å². The SMILES string of the molecule is O=C(Nc1ccccc1Cl)N1CCCC12CCCN(Cc1ccccc1)C2=O.O=CO. The third kappa shape index (κ3) is 4.99. The van der Waals surface area contributed by atoms with Crippen molar-refractivity contribution in [1.29, 1.82) is 0 Å². The van der Waals surface area contributed by atoms with Crippen molar-refractivity contribution in [3.8, 4) is 0 Å². The van der Waals surface area contributed by atoms with E-state index in [9.17, 15) is 9.59 Å². The Morgan fingerprint density at radius 3 is 2.35 bits per heavy atom. The summed E-state index contributed by atoms with van der Waals surface area (Å²) in [7, 11) is 0. The van der Waals surface area contributed by atoms with Gasteiger partial charge in [0.15, 0.2) is 0 Å². The van der Waals surface area contributed by atoms with Crippen molar-refractivity contribution in [3.63, 3.8) is 0 Å². The standard InChI is InChI=1S/C22H24ClN3O2.CH2O2/c23-18-10-4-5-11-19(18)24-21(28)26-15-7-13-22(26)12-6-14-25(20(22)27)16-17-8-2-1-3-9-17;2-1-3/h1-5,8-11H,6-7,12-16H2,(H,24,28);1H,(H,2,3). The molecule has 1 unspecified atom stereocenters. The van der Waals surface area contributed by atoms with Gasteiger partial charge in [0.25, 0.3) is 6.47 Å². The molecule has 2 aromatic carbocycles. The summed E-state index contributed by atoms with van der Waals surface area (Å²) < 4.78 is 0. The highest BCUT2D eigenvalue weighted by Gasteiger charge is 2.52. The highest BCUT2D eigenvalue weighted by molar-refractivity contribution is 6.33. The molecule has 0 aliphatic carbocycles. The Bertz CT molecular complexity index is 924. The number of carbonyl (C=O) groups is 3. The van der Waals surface area contributed by atoms with E-state index < -0.39 is 5.54 Å². The van der Waals surface area contributed by atoms with E-state index in [1.807, 2.05) is 47.4 Å². The maximum atomic E-state index is 13.5. The molecule has 2 N–H and O–H groups in total. The monoisotopic (exact) mass is 443 g/mol. The van der Waals surface area contributed by atoms with Crippen LogP contribution in [0.2, 0.25) is 5.02 Å². The first-order valence-corrected chi connectivity index (χ1v) is 10.6. The lowest BCUT2D eigenvalue weighted by Crippen LogP contribution is -2.61. The van der Waals surface area contributed by atoms with Gasteiger partial charge in [-0.15, -0.1) is 0 Å². The number of carboxylic acid groups (broad SMARTS) is 1. The molecule has 0 bridgehead atoms. The van der Waals surface area contributed by atoms with E-state index in [0.29, 0.717) is 36.6 Å². The van der Waals surface area contributed by atoms with Crippen LogP contribution in [-0.4, -0.2) is 51.9 Å². The van der Waals surface area contributed by atoms with Crippen molar-refractivity contribution in [3.05, 3.63) is 65.2 Å². The zero-order chi connectivity index (χ0) is 22.3. The van der Waals surface area contributed by atoms with E-state index in [-0.39, 0.29) is 18.4 Å². The highest BCUT2D eigenvalue weighted by Crippen LogP contribution is 2.39. The molecule has 2 aliphatic rings. The molecule has 31 heavy (non-hydrogen) atoms. The molecule has 164 valence electrons. The Morgan fingerprint density at radius 1 is 1.06 bits per heavy atom. The van der Waals surface area contributed by atoms with Gasteiger partial charge in [-0.05, 0) is 43.4 Å². The summed E-state index contributed by atoms with van der Waals surface area (Å²) in [5.41, 5.74) is 0.942. The molecule has 2 heterocycles. The number of nitrogens with zero attached hydrogens (tertiary/aromatic N) is 2. The number of para-hydroxylation sites is 1. The van der Waals surface area contributed by atoms with E-state index >= 15 is 0 Å². The molecule has 1 spiro atoms. The molecule has 2 fully saturated rings. The quantitative estimate of drug-likeness (QED) is 0.694. The average molecular weight is 444 g/mol. The maximum absolute atomic E-state index is 13.5. The van der Waals surface area contributed by atoms with Gasteiger partial charge in [-0.1, -0.05) is 54.1 Å². The van der Waals surface area contributed by atoms with Gasteiger partial charge < -0.3 is 20.2 Å². The smallest absolute Gasteiger partial charge is 0.322 e. The van der Waals surface area contributed by atoms with Crippen LogP contribution in [0.15, 0.2) is 54.6 Å². The van der Waals surface area contributed by atoms with E-state index in [1.165, 1.54) is 0 Å². The zero-order valence-corrected chi connectivity index (χ0v) is 17.9. The highest BCUT2D eigenvalue weighted by atomic mass is 35.5. The third-order valence-electron chi connectivity index (χ3n) is 5.77. The number of hydrogen-bond donors (Lipinski definition) is 2. The van der Waals surface area contributed by atoms with Crippen molar-refractivity contribution >= 4 is 35.7 Å². The van der Waals surface area contributed by atoms with Crippen LogP contribution in [0.3, 0.4) is 0 Å². The van der Waals surface area contributed by atoms with Crippen LogP contribution >= 0.6 is 11.6 Å². The molecule has 2 aliphatic heterocycles. The lowest BCUT2D eigenvalue weighted by atomic mass is 9.85. The fourth-order valence-corrected chi connectivity index (χ4v) is 4.60. The van der Waals surface area contributed by atoms with Gasteiger partial charge in [0, 0.05) is 19.6 Å². The number of halogens is 1. The Morgan fingerprint density at radius 2 is 1.68 bits per heavy atom. The van der Waals surface area contributed by atoms with Crippen LogP contribution in [0.5, 0.6) is 0 Å². The fraction of sp³-hybridized carbons (Fsp3) is 0.348. The number of likely N-dealkylation sites (tertiary alicyclic amines) is 2. The summed E-state index contributed by atoms with van der Waals surface area (Å²) in [6, 6.07) is 16.9. The summed E-state index contributed by atoms with van der Waals surface area (Å²) in [6.07, 6.45) is 3.16. The Balaban J connectivity index is 0.000000858. The van der Waals surface area contributed by atoms with Crippen LogP contribution in [0, 0.1) is 0 Å². The Hall–Kier alpha value is -3.06. The number of carbonyl (C=O) groups excluding carboxylic acids is 2. The lowest BCUT2D eigenvalue weighted by molar-refractivity contribution is -0.146. The number of anilines is 1. The van der Waals surface area contributed by atoms with Crippen molar-refractivity contribution in [2.45, 2.75) is 37.8 Å². The molecule has 0 saturated carbocycles. The van der Waals surface area contributed by atoms with Crippen molar-refractivity contribution in [1.82, 2.24) is 9.80 Å². The van der Waals surface area contributed by atoms with Crippen LogP contribution in [0.1, 0.15) is 31.2 Å². The summed E-state index contributed by atoms with van der Waals surface area (Å²) in [5.74, 6) is 0.0643. The predicted molar refractivity (Wildman–Crippen MR) is 119 cm³/mol. The number of piperidine rings is 1. The molecule has 2 saturated heterocycles. The van der Waals surface area contributed by atoms with Gasteiger partial charge >= 0.3 is 6.03 Å². The fourth-order valence-electron chi connectivity index (χ4n) is 4.42. The van der Waals surface area contributed by atoms with E-state index in [1.54, 1.807) is 17.0 Å². The minimum Gasteiger partial charge on any atom is -0.483 e. The number of nitrogens with one attached hydrogen (secondary N) is 1. The van der Waals surface area contributed by atoms with Crippen LogP contribution < -0.4 is 5.32 Å². The van der Waals surface area contributed by atoms with Crippen LogP contribution in [-0.2, 0) is 16.1 Å². The molecule has 0 aromatic heterocycles. The minimum atomic E-state index is -0.738. The van der Waals surface area contributed by atoms with E-state index in [4.69, 9.17) is 21.5 Å². The van der Waals surface area contributed by atoms with Crippen molar-refractivity contribution in [2.24, 2.45) is 0 Å². The van der Waals surface area contributed by atoms with Crippen molar-refractivity contribution in [2.75, 3.05) is 18.4 Å². The first-order valence-electron chi connectivity index (χ1n) is 10.3. The number of rotatable bonds is 3. The van der Waals surface area contributed by atoms with Gasteiger partial charge in [0.05, 0.1) is 10.7 Å². The van der Waals surface area contributed by atoms with Crippen molar-refractivity contribution < 1.29 is 19.5 Å².